The molecule has 32 heavy (non-hydrogen) atoms. The van der Waals surface area contributed by atoms with Crippen LogP contribution in [0.4, 0.5) is 0 Å². The lowest BCUT2D eigenvalue weighted by molar-refractivity contribution is 0.257. The third-order valence-corrected chi connectivity index (χ3v) is 5.66. The average molecular weight is 424 g/mol. The number of rotatable bonds is 5. The molecule has 8 nitrogen and oxygen atoms in total. The summed E-state index contributed by atoms with van der Waals surface area (Å²) in [5, 5.41) is 10.8. The second kappa shape index (κ2) is 7.81. The Morgan fingerprint density at radius 2 is 1.88 bits per heavy atom. The van der Waals surface area contributed by atoms with Crippen molar-refractivity contribution in [3.63, 3.8) is 0 Å². The Morgan fingerprint density at radius 3 is 2.81 bits per heavy atom. The van der Waals surface area contributed by atoms with Gasteiger partial charge in [-0.05, 0) is 36.2 Å². The molecule has 1 aliphatic rings. The van der Waals surface area contributed by atoms with Gasteiger partial charge in [-0.25, -0.2) is 4.98 Å². The molecule has 2 aromatic carbocycles. The van der Waals surface area contributed by atoms with E-state index < -0.39 is 0 Å². The summed E-state index contributed by atoms with van der Waals surface area (Å²) in [6.07, 6.45) is 6.53. The second-order valence-electron chi connectivity index (χ2n) is 7.79. The highest BCUT2D eigenvalue weighted by Crippen LogP contribution is 2.38. The third-order valence-electron chi connectivity index (χ3n) is 5.66. The Hall–Kier alpha value is -4.20. The predicted molar refractivity (Wildman–Crippen MR) is 119 cm³/mol. The van der Waals surface area contributed by atoms with Crippen LogP contribution in [0.1, 0.15) is 17.9 Å². The summed E-state index contributed by atoms with van der Waals surface area (Å²) < 4.78 is 14.0. The summed E-state index contributed by atoms with van der Waals surface area (Å²) in [4.78, 5) is 9.01. The first-order valence-corrected chi connectivity index (χ1v) is 10.5. The number of fused-ring (bicyclic) bond motifs is 2. The van der Waals surface area contributed by atoms with Crippen LogP contribution in [0.25, 0.3) is 22.4 Å². The van der Waals surface area contributed by atoms with Crippen LogP contribution in [0.2, 0.25) is 0 Å². The molecule has 0 fully saturated rings. The van der Waals surface area contributed by atoms with Gasteiger partial charge in [0, 0.05) is 24.7 Å². The van der Waals surface area contributed by atoms with Gasteiger partial charge in [0.25, 0.3) is 0 Å². The van der Waals surface area contributed by atoms with Crippen molar-refractivity contribution in [2.75, 3.05) is 6.61 Å². The van der Waals surface area contributed by atoms with Gasteiger partial charge in [0.1, 0.15) is 34.0 Å². The molecule has 0 aliphatic carbocycles. The van der Waals surface area contributed by atoms with E-state index in [0.717, 1.165) is 52.6 Å². The van der Waals surface area contributed by atoms with E-state index in [1.807, 2.05) is 61.1 Å². The topological polar surface area (TPSA) is 90.7 Å². The van der Waals surface area contributed by atoms with E-state index in [1.165, 1.54) is 5.56 Å². The molecule has 5 aromatic rings. The average Bonchev–Trinajstić information content (AvgIpc) is 3.49. The minimum absolute atomic E-state index is 0.331. The van der Waals surface area contributed by atoms with Crippen molar-refractivity contribution in [3.05, 3.63) is 78.9 Å². The van der Waals surface area contributed by atoms with Crippen molar-refractivity contribution < 1.29 is 9.47 Å². The number of pyridine rings is 1. The van der Waals surface area contributed by atoms with Crippen molar-refractivity contribution in [1.82, 2.24) is 29.9 Å². The van der Waals surface area contributed by atoms with E-state index in [2.05, 4.69) is 36.0 Å². The minimum atomic E-state index is 0.331. The van der Waals surface area contributed by atoms with Gasteiger partial charge in [-0.3, -0.25) is 4.98 Å². The van der Waals surface area contributed by atoms with Crippen LogP contribution in [0.15, 0.2) is 73.3 Å². The lowest BCUT2D eigenvalue weighted by atomic mass is 9.93. The lowest BCUT2D eigenvalue weighted by Gasteiger charge is -2.26. The largest absolute Gasteiger partial charge is 0.493 e. The quantitative estimate of drug-likeness (QED) is 0.444. The van der Waals surface area contributed by atoms with E-state index in [9.17, 15) is 0 Å². The molecule has 1 unspecified atom stereocenters. The fourth-order valence-electron chi connectivity index (χ4n) is 4.05. The minimum Gasteiger partial charge on any atom is -0.493 e. The molecule has 1 aliphatic heterocycles. The van der Waals surface area contributed by atoms with Gasteiger partial charge in [-0.15, -0.1) is 0 Å². The first kappa shape index (κ1) is 18.6. The van der Waals surface area contributed by atoms with E-state index in [-0.39, 0.29) is 0 Å². The van der Waals surface area contributed by atoms with Gasteiger partial charge in [0.15, 0.2) is 0 Å². The number of imidazole rings is 1. The summed E-state index contributed by atoms with van der Waals surface area (Å²) in [5.41, 5.74) is 4.29. The normalized spacial score (nSPS) is 15.3. The van der Waals surface area contributed by atoms with E-state index in [4.69, 9.17) is 9.47 Å². The number of para-hydroxylation sites is 1. The molecule has 8 heteroatoms. The molecule has 158 valence electrons. The highest BCUT2D eigenvalue weighted by molar-refractivity contribution is 5.76. The van der Waals surface area contributed by atoms with Crippen molar-refractivity contribution in [1.29, 1.82) is 0 Å². The van der Waals surface area contributed by atoms with Gasteiger partial charge < -0.3 is 14.0 Å². The summed E-state index contributed by atoms with van der Waals surface area (Å²) in [6.45, 7) is 1.49. The van der Waals surface area contributed by atoms with Gasteiger partial charge >= 0.3 is 0 Å². The predicted octanol–water partition coefficient (Wildman–Crippen LogP) is 4.58. The number of H-pyrrole nitrogens is 1. The number of benzene rings is 2. The highest BCUT2D eigenvalue weighted by atomic mass is 16.5. The van der Waals surface area contributed by atoms with Gasteiger partial charge in [-0.1, -0.05) is 24.3 Å². The van der Waals surface area contributed by atoms with Gasteiger partial charge in [0.05, 0.1) is 24.8 Å². The molecule has 0 spiro atoms. The van der Waals surface area contributed by atoms with Crippen LogP contribution in [0, 0.1) is 0 Å². The Labute approximate surface area is 183 Å². The number of nitrogens with one attached hydrogen (secondary N) is 1. The number of nitrogens with zero attached hydrogens (tertiary/aromatic N) is 5. The maximum Gasteiger partial charge on any atom is 0.131 e. The molecular formula is C24H20N6O2. The fraction of sp³-hybridized carbons (Fsp3) is 0.167. The maximum absolute atomic E-state index is 5.96. The standard InChI is InChI=1S/C24H20N6O2/c1-2-4-17(5-3-1)32-18-6-7-19-16(8-9-31-24(19)10-18)13-30-14-23(26-15-30)20-11-21-22(12-25-20)28-29-27-21/h1-7,10-12,14-16H,8-9,13H2,(H,27,28,29). The van der Waals surface area contributed by atoms with Gasteiger partial charge in [-0.2, -0.15) is 15.4 Å². The summed E-state index contributed by atoms with van der Waals surface area (Å²) in [6, 6.07) is 17.7. The molecule has 0 amide bonds. The zero-order valence-electron chi connectivity index (χ0n) is 17.2. The molecule has 0 bridgehead atoms. The molecule has 1 atom stereocenters. The highest BCUT2D eigenvalue weighted by Gasteiger charge is 2.23. The number of aromatic nitrogens is 6. The maximum atomic E-state index is 5.96. The van der Waals surface area contributed by atoms with Crippen LogP contribution in [0.3, 0.4) is 0 Å². The molecule has 0 saturated heterocycles. The zero-order valence-corrected chi connectivity index (χ0v) is 17.2. The second-order valence-corrected chi connectivity index (χ2v) is 7.79. The molecule has 0 radical (unpaired) electrons. The summed E-state index contributed by atoms with van der Waals surface area (Å²) in [5.74, 6) is 2.80. The van der Waals surface area contributed by atoms with Crippen molar-refractivity contribution in [2.24, 2.45) is 0 Å². The lowest BCUT2D eigenvalue weighted by Crippen LogP contribution is -2.18. The van der Waals surface area contributed by atoms with Crippen LogP contribution < -0.4 is 9.47 Å². The van der Waals surface area contributed by atoms with Crippen LogP contribution in [-0.4, -0.2) is 36.6 Å². The molecular weight excluding hydrogens is 404 g/mol. The zero-order chi connectivity index (χ0) is 21.3. The first-order chi connectivity index (χ1) is 15.8. The SMILES string of the molecule is c1ccc(Oc2ccc3c(c2)OCCC3Cn2cnc(-c3cc4n[nH]nc4cn3)c2)cc1. The number of aromatic amines is 1. The Balaban J connectivity index is 1.21. The Bertz CT molecular complexity index is 1380. The third kappa shape index (κ3) is 3.56. The molecule has 6 rings (SSSR count). The molecule has 4 heterocycles. The van der Waals surface area contributed by atoms with E-state index >= 15 is 0 Å². The van der Waals surface area contributed by atoms with Crippen molar-refractivity contribution in [3.8, 4) is 28.6 Å². The Kier molecular flexibility index (Phi) is 4.53. The fourth-order valence-corrected chi connectivity index (χ4v) is 4.05. The monoisotopic (exact) mass is 424 g/mol. The molecule has 3 aromatic heterocycles. The van der Waals surface area contributed by atoms with Crippen LogP contribution in [-0.2, 0) is 6.54 Å². The van der Waals surface area contributed by atoms with E-state index in [0.29, 0.717) is 12.5 Å². The number of ether oxygens (including phenoxy) is 2. The molecule has 1 N–H and O–H groups in total. The van der Waals surface area contributed by atoms with Crippen molar-refractivity contribution >= 4 is 11.0 Å². The number of hydrogen-bond acceptors (Lipinski definition) is 6. The summed E-state index contributed by atoms with van der Waals surface area (Å²) in [7, 11) is 0. The number of hydrogen-bond donors (Lipinski definition) is 1. The van der Waals surface area contributed by atoms with Crippen molar-refractivity contribution in [2.45, 2.75) is 18.9 Å². The van der Waals surface area contributed by atoms with Crippen LogP contribution >= 0.6 is 0 Å². The molecule has 0 saturated carbocycles. The van der Waals surface area contributed by atoms with E-state index in [1.54, 1.807) is 6.20 Å². The summed E-state index contributed by atoms with van der Waals surface area (Å²) >= 11 is 0. The van der Waals surface area contributed by atoms with Gasteiger partial charge in [0.2, 0.25) is 0 Å². The smallest absolute Gasteiger partial charge is 0.131 e. The van der Waals surface area contributed by atoms with Crippen LogP contribution in [0.5, 0.6) is 17.2 Å². The Morgan fingerprint density at radius 1 is 0.969 bits per heavy atom. The first-order valence-electron chi connectivity index (χ1n) is 10.5.